The first-order valence-corrected chi connectivity index (χ1v) is 8.24. The van der Waals surface area contributed by atoms with E-state index in [1.54, 1.807) is 17.2 Å². The Bertz CT molecular complexity index is 825. The number of carbonyl (C=O) groups excluding carboxylic acids is 1. The second-order valence-electron chi connectivity index (χ2n) is 5.61. The third-order valence-electron chi connectivity index (χ3n) is 3.85. The Morgan fingerprint density at radius 2 is 1.76 bits per heavy atom. The van der Waals surface area contributed by atoms with Crippen LogP contribution in [0.4, 0.5) is 5.69 Å². The fourth-order valence-corrected chi connectivity index (χ4v) is 2.60. The van der Waals surface area contributed by atoms with Crippen LogP contribution >= 0.6 is 0 Å². The van der Waals surface area contributed by atoms with Gasteiger partial charge in [-0.15, -0.1) is 6.58 Å². The molecule has 1 aromatic heterocycles. The number of aromatic nitrogens is 1. The number of hydrogen-bond donors (Lipinski definition) is 0. The van der Waals surface area contributed by atoms with Crippen molar-refractivity contribution in [2.45, 2.75) is 12.8 Å². The lowest BCUT2D eigenvalue weighted by Gasteiger charge is -2.21. The maximum absolute atomic E-state index is 12.6. The zero-order valence-corrected chi connectivity index (χ0v) is 14.0. The van der Waals surface area contributed by atoms with Crippen molar-refractivity contribution in [2.75, 3.05) is 11.4 Å². The van der Waals surface area contributed by atoms with Gasteiger partial charge in [-0.05, 0) is 12.1 Å². The number of benzene rings is 2. The Balaban J connectivity index is 1.65. The summed E-state index contributed by atoms with van der Waals surface area (Å²) in [5.41, 5.74) is 1.84. The molecule has 0 aliphatic carbocycles. The Morgan fingerprint density at radius 1 is 1.08 bits per heavy atom. The normalized spacial score (nSPS) is 10.4. The molecule has 0 bridgehead atoms. The number of amides is 1. The molecule has 0 fully saturated rings. The smallest absolute Gasteiger partial charge is 0.227 e. The molecule has 0 aliphatic heterocycles. The Hall–Kier alpha value is -3.14. The minimum absolute atomic E-state index is 0.0190. The summed E-state index contributed by atoms with van der Waals surface area (Å²) in [7, 11) is 0. The van der Waals surface area contributed by atoms with Crippen molar-refractivity contribution in [3.05, 3.63) is 85.4 Å². The van der Waals surface area contributed by atoms with E-state index in [0.717, 1.165) is 11.3 Å². The average Bonchev–Trinajstić information content (AvgIpc) is 3.15. The van der Waals surface area contributed by atoms with Crippen LogP contribution in [0.25, 0.3) is 11.3 Å². The summed E-state index contributed by atoms with van der Waals surface area (Å²) in [5, 5.41) is 0. The lowest BCUT2D eigenvalue weighted by Crippen LogP contribution is -2.31. The largest absolute Gasteiger partial charge is 0.441 e. The molecule has 3 rings (SSSR count). The van der Waals surface area contributed by atoms with E-state index in [4.69, 9.17) is 4.42 Å². The van der Waals surface area contributed by atoms with Crippen LogP contribution in [0.3, 0.4) is 0 Å². The lowest BCUT2D eigenvalue weighted by molar-refractivity contribution is -0.118. The molecule has 0 spiro atoms. The molecule has 1 heterocycles. The first-order valence-electron chi connectivity index (χ1n) is 8.24. The number of carbonyl (C=O) groups is 1. The molecular weight excluding hydrogens is 312 g/mol. The van der Waals surface area contributed by atoms with Crippen molar-refractivity contribution in [3.8, 4) is 11.3 Å². The molecule has 0 radical (unpaired) electrons. The van der Waals surface area contributed by atoms with Crippen molar-refractivity contribution >= 4 is 11.6 Å². The van der Waals surface area contributed by atoms with E-state index in [-0.39, 0.29) is 5.91 Å². The van der Waals surface area contributed by atoms with Gasteiger partial charge in [-0.3, -0.25) is 4.79 Å². The highest BCUT2D eigenvalue weighted by atomic mass is 16.4. The van der Waals surface area contributed by atoms with Crippen LogP contribution in [0.15, 0.2) is 83.9 Å². The van der Waals surface area contributed by atoms with E-state index in [0.29, 0.717) is 31.0 Å². The highest BCUT2D eigenvalue weighted by molar-refractivity contribution is 5.93. The van der Waals surface area contributed by atoms with Crippen LogP contribution in [-0.2, 0) is 11.2 Å². The number of rotatable bonds is 7. The molecule has 126 valence electrons. The molecule has 0 unspecified atom stereocenters. The highest BCUT2D eigenvalue weighted by Crippen LogP contribution is 2.21. The van der Waals surface area contributed by atoms with Crippen molar-refractivity contribution in [2.24, 2.45) is 0 Å². The van der Waals surface area contributed by atoms with Gasteiger partial charge in [0.2, 0.25) is 5.91 Å². The number of hydrogen-bond acceptors (Lipinski definition) is 3. The van der Waals surface area contributed by atoms with Gasteiger partial charge in [-0.2, -0.15) is 0 Å². The topological polar surface area (TPSA) is 46.3 Å². The molecule has 0 aliphatic rings. The number of nitrogens with zero attached hydrogens (tertiary/aromatic N) is 2. The summed E-state index contributed by atoms with van der Waals surface area (Å²) in [4.78, 5) is 18.6. The standard InChI is InChI=1S/C21H20N2O2/c1-2-15-23(18-11-7-4-8-12-18)21(24)14-13-20-22-16-19(25-20)17-9-5-3-6-10-17/h2-12,16H,1,13-15H2. The van der Waals surface area contributed by atoms with Gasteiger partial charge in [0.25, 0.3) is 0 Å². The highest BCUT2D eigenvalue weighted by Gasteiger charge is 2.15. The monoisotopic (exact) mass is 332 g/mol. The van der Waals surface area contributed by atoms with Gasteiger partial charge in [-0.25, -0.2) is 4.98 Å². The van der Waals surface area contributed by atoms with Crippen molar-refractivity contribution in [1.29, 1.82) is 0 Å². The van der Waals surface area contributed by atoms with Gasteiger partial charge < -0.3 is 9.32 Å². The average molecular weight is 332 g/mol. The van der Waals surface area contributed by atoms with Crippen molar-refractivity contribution in [1.82, 2.24) is 4.98 Å². The van der Waals surface area contributed by atoms with Crippen LogP contribution in [0.1, 0.15) is 12.3 Å². The second kappa shape index (κ2) is 8.11. The number of anilines is 1. The molecule has 0 saturated heterocycles. The van der Waals surface area contributed by atoms with Crippen LogP contribution in [0.2, 0.25) is 0 Å². The maximum atomic E-state index is 12.6. The zero-order valence-electron chi connectivity index (χ0n) is 14.0. The van der Waals surface area contributed by atoms with E-state index < -0.39 is 0 Å². The van der Waals surface area contributed by atoms with Crippen LogP contribution in [0, 0.1) is 0 Å². The van der Waals surface area contributed by atoms with Crippen molar-refractivity contribution < 1.29 is 9.21 Å². The molecule has 0 atom stereocenters. The molecule has 4 heteroatoms. The molecule has 25 heavy (non-hydrogen) atoms. The minimum atomic E-state index is 0.0190. The molecule has 1 amide bonds. The van der Waals surface area contributed by atoms with Crippen LogP contribution in [-0.4, -0.2) is 17.4 Å². The lowest BCUT2D eigenvalue weighted by atomic mass is 10.2. The van der Waals surface area contributed by atoms with E-state index in [1.807, 2.05) is 60.7 Å². The van der Waals surface area contributed by atoms with E-state index >= 15 is 0 Å². The van der Waals surface area contributed by atoms with Gasteiger partial charge in [0.1, 0.15) is 0 Å². The summed E-state index contributed by atoms with van der Waals surface area (Å²) in [6, 6.07) is 19.4. The summed E-state index contributed by atoms with van der Waals surface area (Å²) >= 11 is 0. The minimum Gasteiger partial charge on any atom is -0.441 e. The Kier molecular flexibility index (Phi) is 5.42. The molecule has 4 nitrogen and oxygen atoms in total. The van der Waals surface area contributed by atoms with Gasteiger partial charge in [0, 0.05) is 30.6 Å². The molecule has 2 aromatic carbocycles. The molecule has 3 aromatic rings. The second-order valence-corrected chi connectivity index (χ2v) is 5.61. The third-order valence-corrected chi connectivity index (χ3v) is 3.85. The van der Waals surface area contributed by atoms with Crippen LogP contribution < -0.4 is 4.90 Å². The number of para-hydroxylation sites is 1. The van der Waals surface area contributed by atoms with Gasteiger partial charge in [0.05, 0.1) is 6.20 Å². The van der Waals surface area contributed by atoms with E-state index in [2.05, 4.69) is 11.6 Å². The maximum Gasteiger partial charge on any atom is 0.227 e. The van der Waals surface area contributed by atoms with Crippen LogP contribution in [0.5, 0.6) is 0 Å². The third kappa shape index (κ3) is 4.23. The zero-order chi connectivity index (χ0) is 17.5. The first kappa shape index (κ1) is 16.7. The summed E-state index contributed by atoms with van der Waals surface area (Å²) < 4.78 is 5.76. The summed E-state index contributed by atoms with van der Waals surface area (Å²) in [6.45, 7) is 4.21. The molecular formula is C21H20N2O2. The predicted molar refractivity (Wildman–Crippen MR) is 99.3 cm³/mol. The quantitative estimate of drug-likeness (QED) is 0.599. The number of oxazole rings is 1. The van der Waals surface area contributed by atoms with E-state index in [1.165, 1.54) is 0 Å². The molecule has 0 saturated carbocycles. The predicted octanol–water partition coefficient (Wildman–Crippen LogP) is 4.49. The van der Waals surface area contributed by atoms with E-state index in [9.17, 15) is 4.79 Å². The summed E-state index contributed by atoms with van der Waals surface area (Å²) in [6.07, 6.45) is 4.22. The van der Waals surface area contributed by atoms with Gasteiger partial charge >= 0.3 is 0 Å². The Morgan fingerprint density at radius 3 is 2.44 bits per heavy atom. The fourth-order valence-electron chi connectivity index (χ4n) is 2.60. The fraction of sp³-hybridized carbons (Fsp3) is 0.143. The van der Waals surface area contributed by atoms with Gasteiger partial charge in [0.15, 0.2) is 11.7 Å². The Labute approximate surface area is 147 Å². The molecule has 0 N–H and O–H groups in total. The number of aryl methyl sites for hydroxylation is 1. The first-order chi connectivity index (χ1) is 12.3. The SMILES string of the molecule is C=CCN(C(=O)CCc1ncc(-c2ccccc2)o1)c1ccccc1. The van der Waals surface area contributed by atoms with Gasteiger partial charge in [-0.1, -0.05) is 54.6 Å². The van der Waals surface area contributed by atoms with Crippen molar-refractivity contribution in [3.63, 3.8) is 0 Å². The summed E-state index contributed by atoms with van der Waals surface area (Å²) in [5.74, 6) is 1.30.